The maximum atomic E-state index is 12.0. The first-order valence-electron chi connectivity index (χ1n) is 7.67. The molecule has 5 nitrogen and oxygen atoms in total. The van der Waals surface area contributed by atoms with Gasteiger partial charge in [-0.3, -0.25) is 0 Å². The molecule has 1 atom stereocenters. The topological polar surface area (TPSA) is 64.6 Å². The van der Waals surface area contributed by atoms with Crippen molar-refractivity contribution in [2.45, 2.75) is 58.9 Å². The first-order chi connectivity index (χ1) is 10.0. The van der Waals surface area contributed by atoms with Gasteiger partial charge in [0.05, 0.1) is 12.5 Å². The van der Waals surface area contributed by atoms with Gasteiger partial charge in [-0.05, 0) is 18.8 Å². The van der Waals surface area contributed by atoms with E-state index >= 15 is 0 Å². The van der Waals surface area contributed by atoms with Crippen LogP contribution in [0.25, 0.3) is 0 Å². The maximum Gasteiger partial charge on any atom is 0.407 e. The Morgan fingerprint density at radius 3 is 2.38 bits per heavy atom. The normalized spacial score (nSPS) is 12.0. The number of alkyl carbamates (subject to hydrolysis) is 1. The van der Waals surface area contributed by atoms with E-state index in [0.717, 1.165) is 25.7 Å². The van der Waals surface area contributed by atoms with Gasteiger partial charge in [-0.15, -0.1) is 11.6 Å². The zero-order chi connectivity index (χ0) is 16.1. The van der Waals surface area contributed by atoms with Crippen molar-refractivity contribution in [3.05, 3.63) is 0 Å². The highest BCUT2D eigenvalue weighted by Gasteiger charge is 2.23. The Morgan fingerprint density at radius 2 is 1.81 bits per heavy atom. The summed E-state index contributed by atoms with van der Waals surface area (Å²) in [4.78, 5) is 23.5. The van der Waals surface area contributed by atoms with Crippen LogP contribution < -0.4 is 5.32 Å². The molecule has 0 aliphatic heterocycles. The SMILES string of the molecule is CCCCCCOC(=O)C(CC(C)C)NC(=O)OCCCl. The van der Waals surface area contributed by atoms with E-state index in [1.54, 1.807) is 0 Å². The van der Waals surface area contributed by atoms with E-state index in [2.05, 4.69) is 12.2 Å². The van der Waals surface area contributed by atoms with Crippen molar-refractivity contribution >= 4 is 23.7 Å². The van der Waals surface area contributed by atoms with Crippen LogP contribution in [0, 0.1) is 5.92 Å². The second kappa shape index (κ2) is 12.7. The summed E-state index contributed by atoms with van der Waals surface area (Å²) in [5.41, 5.74) is 0. The standard InChI is InChI=1S/C15H28ClNO4/c1-4-5-6-7-9-20-14(18)13(11-12(2)3)17-15(19)21-10-8-16/h12-13H,4-11H2,1-3H3,(H,17,19). The minimum atomic E-state index is -0.668. The van der Waals surface area contributed by atoms with Gasteiger partial charge in [-0.1, -0.05) is 40.0 Å². The highest BCUT2D eigenvalue weighted by atomic mass is 35.5. The summed E-state index contributed by atoms with van der Waals surface area (Å²) in [5, 5.41) is 2.54. The third-order valence-electron chi connectivity index (χ3n) is 2.84. The molecule has 1 unspecified atom stereocenters. The number of hydrogen-bond acceptors (Lipinski definition) is 4. The lowest BCUT2D eigenvalue weighted by atomic mass is 10.0. The molecule has 0 saturated heterocycles. The minimum absolute atomic E-state index is 0.119. The van der Waals surface area contributed by atoms with E-state index in [4.69, 9.17) is 21.1 Å². The monoisotopic (exact) mass is 321 g/mol. The number of hydrogen-bond donors (Lipinski definition) is 1. The third-order valence-corrected chi connectivity index (χ3v) is 2.99. The van der Waals surface area contributed by atoms with Crippen LogP contribution in [0.3, 0.4) is 0 Å². The second-order valence-electron chi connectivity index (χ2n) is 5.38. The molecule has 0 rings (SSSR count). The summed E-state index contributed by atoms with van der Waals surface area (Å²) in [6.45, 7) is 6.60. The van der Waals surface area contributed by atoms with E-state index < -0.39 is 18.1 Å². The van der Waals surface area contributed by atoms with Crippen LogP contribution >= 0.6 is 11.6 Å². The highest BCUT2D eigenvalue weighted by molar-refractivity contribution is 6.18. The number of carbonyl (C=O) groups is 2. The molecule has 0 fully saturated rings. The van der Waals surface area contributed by atoms with Crippen LogP contribution in [-0.2, 0) is 14.3 Å². The summed E-state index contributed by atoms with van der Waals surface area (Å²) >= 11 is 5.44. The van der Waals surface area contributed by atoms with Crippen LogP contribution in [0.2, 0.25) is 0 Å². The van der Waals surface area contributed by atoms with Gasteiger partial charge in [0.25, 0.3) is 0 Å². The Bertz CT molecular complexity index is 297. The molecule has 124 valence electrons. The van der Waals surface area contributed by atoms with Crippen molar-refractivity contribution < 1.29 is 19.1 Å². The average Bonchev–Trinajstić information content (AvgIpc) is 2.43. The van der Waals surface area contributed by atoms with Crippen LogP contribution in [0.4, 0.5) is 4.79 Å². The average molecular weight is 322 g/mol. The van der Waals surface area contributed by atoms with Crippen LogP contribution in [0.1, 0.15) is 52.9 Å². The van der Waals surface area contributed by atoms with E-state index in [0.29, 0.717) is 13.0 Å². The highest BCUT2D eigenvalue weighted by Crippen LogP contribution is 2.08. The Morgan fingerprint density at radius 1 is 1.10 bits per heavy atom. The molecule has 0 aromatic rings. The predicted molar refractivity (Wildman–Crippen MR) is 83.5 cm³/mol. The summed E-state index contributed by atoms with van der Waals surface area (Å²) in [5.74, 6) is 0.0865. The number of nitrogens with one attached hydrogen (secondary N) is 1. The first-order valence-corrected chi connectivity index (χ1v) is 8.20. The van der Waals surface area contributed by atoms with Crippen LogP contribution in [0.5, 0.6) is 0 Å². The number of ether oxygens (including phenoxy) is 2. The number of rotatable bonds is 11. The van der Waals surface area contributed by atoms with Gasteiger partial charge in [-0.2, -0.15) is 0 Å². The molecule has 1 N–H and O–H groups in total. The molecule has 1 amide bonds. The third kappa shape index (κ3) is 11.4. The number of alkyl halides is 1. The van der Waals surface area contributed by atoms with E-state index in [1.807, 2.05) is 13.8 Å². The first kappa shape index (κ1) is 20.0. The minimum Gasteiger partial charge on any atom is -0.464 e. The molecular formula is C15H28ClNO4. The van der Waals surface area contributed by atoms with E-state index in [-0.39, 0.29) is 18.4 Å². The summed E-state index contributed by atoms with van der Waals surface area (Å²) in [7, 11) is 0. The summed E-state index contributed by atoms with van der Waals surface area (Å²) in [6, 6.07) is -0.668. The molecule has 0 spiro atoms. The van der Waals surface area contributed by atoms with Crippen molar-refractivity contribution in [3.63, 3.8) is 0 Å². The van der Waals surface area contributed by atoms with Crippen molar-refractivity contribution in [1.29, 1.82) is 0 Å². The molecule has 0 radical (unpaired) electrons. The Kier molecular flexibility index (Phi) is 12.2. The zero-order valence-electron chi connectivity index (χ0n) is 13.3. The van der Waals surface area contributed by atoms with E-state index in [9.17, 15) is 9.59 Å². The lowest BCUT2D eigenvalue weighted by molar-refractivity contribution is -0.146. The van der Waals surface area contributed by atoms with Crippen molar-refractivity contribution in [1.82, 2.24) is 5.32 Å². The van der Waals surface area contributed by atoms with Gasteiger partial charge in [-0.25, -0.2) is 9.59 Å². The largest absolute Gasteiger partial charge is 0.464 e. The lowest BCUT2D eigenvalue weighted by Gasteiger charge is -2.19. The predicted octanol–water partition coefficient (Wildman–Crippen LogP) is 3.49. The molecule has 0 heterocycles. The molecule has 0 saturated carbocycles. The summed E-state index contributed by atoms with van der Waals surface area (Å²) in [6.07, 6.45) is 4.05. The second-order valence-corrected chi connectivity index (χ2v) is 5.76. The Balaban J connectivity index is 4.19. The van der Waals surface area contributed by atoms with Crippen LogP contribution in [-0.4, -0.2) is 37.2 Å². The lowest BCUT2D eigenvalue weighted by Crippen LogP contribution is -2.43. The Hall–Kier alpha value is -0.970. The fraction of sp³-hybridized carbons (Fsp3) is 0.867. The summed E-state index contributed by atoms with van der Waals surface area (Å²) < 4.78 is 10.0. The molecule has 0 aliphatic rings. The smallest absolute Gasteiger partial charge is 0.407 e. The molecule has 0 bridgehead atoms. The zero-order valence-corrected chi connectivity index (χ0v) is 14.1. The van der Waals surface area contributed by atoms with Gasteiger partial charge < -0.3 is 14.8 Å². The molecular weight excluding hydrogens is 294 g/mol. The fourth-order valence-electron chi connectivity index (χ4n) is 1.80. The van der Waals surface area contributed by atoms with Crippen molar-refractivity contribution in [2.24, 2.45) is 5.92 Å². The molecule has 0 aromatic heterocycles. The van der Waals surface area contributed by atoms with Crippen LogP contribution in [0.15, 0.2) is 0 Å². The molecule has 6 heteroatoms. The van der Waals surface area contributed by atoms with Gasteiger partial charge >= 0.3 is 12.1 Å². The number of esters is 1. The number of unbranched alkanes of at least 4 members (excludes halogenated alkanes) is 3. The van der Waals surface area contributed by atoms with Crippen molar-refractivity contribution in [3.8, 4) is 0 Å². The maximum absolute atomic E-state index is 12.0. The number of halogens is 1. The van der Waals surface area contributed by atoms with Gasteiger partial charge in [0, 0.05) is 0 Å². The van der Waals surface area contributed by atoms with Gasteiger partial charge in [0.1, 0.15) is 12.6 Å². The molecule has 0 aliphatic carbocycles. The van der Waals surface area contributed by atoms with Gasteiger partial charge in [0.2, 0.25) is 0 Å². The number of carbonyl (C=O) groups excluding carboxylic acids is 2. The fourth-order valence-corrected chi connectivity index (χ4v) is 1.88. The Labute approximate surface area is 132 Å². The molecule has 21 heavy (non-hydrogen) atoms. The number of amides is 1. The van der Waals surface area contributed by atoms with Crippen molar-refractivity contribution in [2.75, 3.05) is 19.1 Å². The quantitative estimate of drug-likeness (QED) is 0.359. The van der Waals surface area contributed by atoms with Gasteiger partial charge in [0.15, 0.2) is 0 Å². The molecule has 0 aromatic carbocycles. The van der Waals surface area contributed by atoms with E-state index in [1.165, 1.54) is 0 Å².